The Balaban J connectivity index is 1.52. The molecule has 0 spiro atoms. The number of fused-ring (bicyclic) bond motifs is 1. The van der Waals surface area contributed by atoms with Crippen LogP contribution in [0.3, 0.4) is 0 Å². The molecule has 2 fully saturated rings. The number of nitrogens with zero attached hydrogens (tertiary/aromatic N) is 3. The van der Waals surface area contributed by atoms with Gasteiger partial charge in [-0.25, -0.2) is 22.2 Å². The van der Waals surface area contributed by atoms with Crippen molar-refractivity contribution < 1.29 is 48.3 Å². The first-order valence-corrected chi connectivity index (χ1v) is 18.3. The van der Waals surface area contributed by atoms with Crippen LogP contribution >= 0.6 is 0 Å². The predicted octanol–water partition coefficient (Wildman–Crippen LogP) is 7.66. The molecular formula is C36H34F8N4O3S. The largest absolute Gasteiger partial charge is 0.416 e. The topological polar surface area (TPSA) is 82.6 Å². The fraction of sp³-hybridized carbons (Fsp3) is 0.389. The van der Waals surface area contributed by atoms with Gasteiger partial charge in [-0.2, -0.15) is 26.3 Å². The molecule has 0 radical (unpaired) electrons. The first-order valence-electron chi connectivity index (χ1n) is 16.4. The molecule has 52 heavy (non-hydrogen) atoms. The Morgan fingerprint density at radius 3 is 2.21 bits per heavy atom. The molecule has 1 atom stereocenters. The van der Waals surface area contributed by atoms with E-state index in [1.807, 2.05) is 4.90 Å². The van der Waals surface area contributed by atoms with Gasteiger partial charge in [0.15, 0.2) is 15.9 Å². The summed E-state index contributed by atoms with van der Waals surface area (Å²) in [5.74, 6) is -4.05. The summed E-state index contributed by atoms with van der Waals surface area (Å²) >= 11 is 0. The lowest BCUT2D eigenvalue weighted by molar-refractivity contribution is -0.155. The minimum Gasteiger partial charge on any atom is -0.337 e. The normalized spacial score (nSPS) is 18.5. The summed E-state index contributed by atoms with van der Waals surface area (Å²) in [4.78, 5) is 22.1. The molecule has 0 aliphatic carbocycles. The van der Waals surface area contributed by atoms with Crippen LogP contribution in [0.2, 0.25) is 0 Å². The number of amides is 1. The van der Waals surface area contributed by atoms with Crippen molar-refractivity contribution in [3.05, 3.63) is 95.1 Å². The van der Waals surface area contributed by atoms with Crippen molar-refractivity contribution in [3.63, 3.8) is 0 Å². The number of likely N-dealkylation sites (tertiary alicyclic amines) is 2. The second-order valence-corrected chi connectivity index (χ2v) is 15.2. The van der Waals surface area contributed by atoms with Crippen molar-refractivity contribution in [3.8, 4) is 11.3 Å². The molecule has 278 valence electrons. The molecule has 6 rings (SSSR count). The monoisotopic (exact) mass is 754 g/mol. The second-order valence-electron chi connectivity index (χ2n) is 13.3. The first-order chi connectivity index (χ1) is 24.3. The zero-order valence-corrected chi connectivity index (χ0v) is 28.6. The molecule has 2 saturated heterocycles. The summed E-state index contributed by atoms with van der Waals surface area (Å²) in [7, 11) is -4.08. The number of hydrogen-bond acceptors (Lipinski definition) is 6. The lowest BCUT2D eigenvalue weighted by Crippen LogP contribution is -2.44. The summed E-state index contributed by atoms with van der Waals surface area (Å²) in [6, 6.07) is 11.8. The number of halogens is 8. The SMILES string of the molecule is CS(=O)(=O)c1cccc2c(C(=O)N[C@H](c3ccccc3)C(F)(F)F)c(CN3CCC(N4CCC(F)(F)C4)CC3)c(-c3cccc(C(F)(F)F)c3)nc12. The predicted molar refractivity (Wildman–Crippen MR) is 177 cm³/mol. The van der Waals surface area contributed by atoms with Crippen LogP contribution in [0, 0.1) is 0 Å². The van der Waals surface area contributed by atoms with Crippen LogP contribution in [0.5, 0.6) is 0 Å². The zero-order chi connectivity index (χ0) is 37.6. The number of sulfone groups is 1. The van der Waals surface area contributed by atoms with E-state index in [0.29, 0.717) is 25.9 Å². The first kappa shape index (κ1) is 37.6. The van der Waals surface area contributed by atoms with Crippen molar-refractivity contribution in [1.29, 1.82) is 0 Å². The van der Waals surface area contributed by atoms with Gasteiger partial charge in [0.05, 0.1) is 33.8 Å². The average Bonchev–Trinajstić information content (AvgIpc) is 3.45. The van der Waals surface area contributed by atoms with Crippen LogP contribution in [0.4, 0.5) is 35.1 Å². The fourth-order valence-electron chi connectivity index (χ4n) is 7.04. The molecule has 0 bridgehead atoms. The highest BCUT2D eigenvalue weighted by atomic mass is 32.2. The van der Waals surface area contributed by atoms with Gasteiger partial charge in [0.1, 0.15) is 0 Å². The van der Waals surface area contributed by atoms with Gasteiger partial charge in [-0.05, 0) is 49.7 Å². The number of rotatable bonds is 8. The van der Waals surface area contributed by atoms with E-state index in [4.69, 9.17) is 0 Å². The smallest absolute Gasteiger partial charge is 0.337 e. The molecular weight excluding hydrogens is 720 g/mol. The number of pyridine rings is 1. The molecule has 1 amide bonds. The van der Waals surface area contributed by atoms with Gasteiger partial charge in [0, 0.05) is 48.3 Å². The number of carbonyl (C=O) groups is 1. The Hall–Kier alpha value is -4.15. The van der Waals surface area contributed by atoms with Gasteiger partial charge in [-0.3, -0.25) is 14.6 Å². The second kappa shape index (κ2) is 14.0. The van der Waals surface area contributed by atoms with Gasteiger partial charge in [0.2, 0.25) is 0 Å². The minimum atomic E-state index is -4.98. The lowest BCUT2D eigenvalue weighted by atomic mass is 9.93. The maximum absolute atomic E-state index is 14.5. The summed E-state index contributed by atoms with van der Waals surface area (Å²) in [5, 5.41) is 1.95. The maximum Gasteiger partial charge on any atom is 0.416 e. The number of aromatic nitrogens is 1. The number of benzene rings is 3. The fourth-order valence-corrected chi connectivity index (χ4v) is 7.87. The molecule has 3 heterocycles. The molecule has 1 N–H and O–H groups in total. The van der Waals surface area contributed by atoms with Gasteiger partial charge in [0.25, 0.3) is 11.8 Å². The Bertz CT molecular complexity index is 2070. The van der Waals surface area contributed by atoms with Crippen LogP contribution in [0.1, 0.15) is 52.4 Å². The van der Waals surface area contributed by atoms with E-state index in [0.717, 1.165) is 24.5 Å². The average molecular weight is 755 g/mol. The van der Waals surface area contributed by atoms with E-state index in [2.05, 4.69) is 10.3 Å². The Morgan fingerprint density at radius 2 is 1.62 bits per heavy atom. The van der Waals surface area contributed by atoms with E-state index >= 15 is 0 Å². The highest BCUT2D eigenvalue weighted by molar-refractivity contribution is 7.91. The number of nitrogens with one attached hydrogen (secondary N) is 1. The molecule has 7 nitrogen and oxygen atoms in total. The molecule has 0 saturated carbocycles. The minimum absolute atomic E-state index is 0.0184. The molecule has 0 unspecified atom stereocenters. The Kier molecular flexibility index (Phi) is 10.1. The third-order valence-electron chi connectivity index (χ3n) is 9.56. The van der Waals surface area contributed by atoms with Gasteiger partial charge in [-0.15, -0.1) is 0 Å². The van der Waals surface area contributed by atoms with E-state index < -0.39 is 45.6 Å². The third-order valence-corrected chi connectivity index (χ3v) is 10.7. The van der Waals surface area contributed by atoms with Crippen LogP contribution in [0.15, 0.2) is 77.7 Å². The number of hydrogen-bond donors (Lipinski definition) is 1. The van der Waals surface area contributed by atoms with E-state index in [1.165, 1.54) is 54.6 Å². The maximum atomic E-state index is 14.5. The van der Waals surface area contributed by atoms with E-state index in [1.54, 1.807) is 4.90 Å². The van der Waals surface area contributed by atoms with Crippen molar-refractivity contribution in [2.24, 2.45) is 0 Å². The number of alkyl halides is 8. The number of para-hydroxylation sites is 1. The number of piperidine rings is 1. The van der Waals surface area contributed by atoms with Crippen molar-refractivity contribution >= 4 is 26.6 Å². The standard InChI is InChI=1S/C36H34F8N4O3S/c1-52(50,51)28-12-6-11-26-29(33(49)46-32(36(42,43)44)22-7-3-2-4-8-22)27(20-47-16-13-25(14-17-47)48-18-15-34(37,38)21-48)30(45-31(26)28)23-9-5-10-24(19-23)35(39,40)41/h2-12,19,25,32H,13-18,20-21H2,1H3,(H,46,49)/t32-/m1/s1. The Morgan fingerprint density at radius 1 is 0.942 bits per heavy atom. The van der Waals surface area contributed by atoms with Crippen LogP contribution in [0.25, 0.3) is 22.2 Å². The van der Waals surface area contributed by atoms with Crippen LogP contribution in [-0.4, -0.2) is 79.7 Å². The van der Waals surface area contributed by atoms with Crippen molar-refractivity contribution in [2.75, 3.05) is 32.4 Å². The van der Waals surface area contributed by atoms with Crippen LogP contribution < -0.4 is 5.32 Å². The summed E-state index contributed by atoms with van der Waals surface area (Å²) in [6.07, 6.45) is -8.27. The molecule has 2 aliphatic heterocycles. The summed E-state index contributed by atoms with van der Waals surface area (Å²) < 4.78 is 139. The zero-order valence-electron chi connectivity index (χ0n) is 27.7. The van der Waals surface area contributed by atoms with E-state index in [9.17, 15) is 48.3 Å². The quantitative estimate of drug-likeness (QED) is 0.186. The molecule has 2 aliphatic rings. The summed E-state index contributed by atoms with van der Waals surface area (Å²) in [6.45, 7) is 0.297. The highest BCUT2D eigenvalue weighted by Gasteiger charge is 2.44. The lowest BCUT2D eigenvalue weighted by Gasteiger charge is -2.37. The highest BCUT2D eigenvalue weighted by Crippen LogP contribution is 2.39. The van der Waals surface area contributed by atoms with Crippen molar-refractivity contribution in [1.82, 2.24) is 20.1 Å². The Labute approximate surface area is 294 Å². The molecule has 16 heteroatoms. The molecule has 1 aromatic heterocycles. The third kappa shape index (κ3) is 8.08. The van der Waals surface area contributed by atoms with Crippen molar-refractivity contribution in [2.45, 2.75) is 61.1 Å². The van der Waals surface area contributed by atoms with E-state index in [-0.39, 0.29) is 75.8 Å². The van der Waals surface area contributed by atoms with Gasteiger partial charge in [-0.1, -0.05) is 54.6 Å². The summed E-state index contributed by atoms with van der Waals surface area (Å²) in [5.41, 5.74) is -2.41. The van der Waals surface area contributed by atoms with Crippen LogP contribution in [-0.2, 0) is 22.6 Å². The van der Waals surface area contributed by atoms with Gasteiger partial charge < -0.3 is 5.32 Å². The molecule has 3 aromatic carbocycles. The number of carbonyl (C=O) groups excluding carboxylic acids is 1. The van der Waals surface area contributed by atoms with Gasteiger partial charge >= 0.3 is 12.4 Å². The molecule has 4 aromatic rings.